The van der Waals surface area contributed by atoms with Crippen molar-refractivity contribution in [2.75, 3.05) is 25.2 Å². The van der Waals surface area contributed by atoms with Gasteiger partial charge in [-0.1, -0.05) is 0 Å². The van der Waals surface area contributed by atoms with Gasteiger partial charge in [0.15, 0.2) is 11.5 Å². The monoisotopic (exact) mass is 261 g/mol. The van der Waals surface area contributed by atoms with Gasteiger partial charge in [0, 0.05) is 37.7 Å². The first kappa shape index (κ1) is 12.3. The van der Waals surface area contributed by atoms with E-state index in [9.17, 15) is 4.79 Å². The molecule has 0 bridgehead atoms. The maximum atomic E-state index is 11.3. The summed E-state index contributed by atoms with van der Waals surface area (Å²) < 4.78 is 11.1. The Hall–Kier alpha value is -1.71. The quantitative estimate of drug-likeness (QED) is 0.819. The number of hydrogen-bond donors (Lipinski definition) is 0. The summed E-state index contributed by atoms with van der Waals surface area (Å²) >= 11 is 0. The average Bonchev–Trinajstić information content (AvgIpc) is 2.47. The van der Waals surface area contributed by atoms with Gasteiger partial charge in [-0.05, 0) is 25.0 Å². The molecule has 0 radical (unpaired) electrons. The van der Waals surface area contributed by atoms with E-state index in [1.165, 1.54) is 0 Å². The first-order valence-electron chi connectivity index (χ1n) is 6.88. The molecule has 1 fully saturated rings. The van der Waals surface area contributed by atoms with Crippen LogP contribution >= 0.6 is 0 Å². The first-order chi connectivity index (χ1) is 9.24. The summed E-state index contributed by atoms with van der Waals surface area (Å²) in [6.45, 7) is 1.23. The van der Waals surface area contributed by atoms with Crippen molar-refractivity contribution in [3.63, 3.8) is 0 Å². The Morgan fingerprint density at radius 3 is 2.53 bits per heavy atom. The van der Waals surface area contributed by atoms with Crippen LogP contribution in [0.25, 0.3) is 0 Å². The molecule has 1 aliphatic carbocycles. The van der Waals surface area contributed by atoms with Crippen LogP contribution in [-0.4, -0.2) is 32.1 Å². The molecule has 0 saturated heterocycles. The number of rotatable bonds is 2. The van der Waals surface area contributed by atoms with Crippen LogP contribution in [0, 0.1) is 0 Å². The number of nitrogens with zero attached hydrogens (tertiary/aromatic N) is 1. The molecule has 0 N–H and O–H groups in total. The summed E-state index contributed by atoms with van der Waals surface area (Å²) in [5.74, 6) is 2.04. The topological polar surface area (TPSA) is 38.8 Å². The highest BCUT2D eigenvalue weighted by Gasteiger charge is 2.23. The van der Waals surface area contributed by atoms with Crippen molar-refractivity contribution in [1.82, 2.24) is 0 Å². The van der Waals surface area contributed by atoms with Crippen molar-refractivity contribution >= 4 is 11.5 Å². The van der Waals surface area contributed by atoms with Crippen LogP contribution in [0.2, 0.25) is 0 Å². The smallest absolute Gasteiger partial charge is 0.163 e. The molecule has 0 atom stereocenters. The molecule has 2 aliphatic rings. The minimum Gasteiger partial charge on any atom is -0.486 e. The molecule has 102 valence electrons. The van der Waals surface area contributed by atoms with E-state index >= 15 is 0 Å². The van der Waals surface area contributed by atoms with Crippen LogP contribution in [0.5, 0.6) is 11.5 Å². The van der Waals surface area contributed by atoms with Gasteiger partial charge in [0.1, 0.15) is 19.0 Å². The predicted octanol–water partition coefficient (Wildman–Crippen LogP) is 2.41. The Morgan fingerprint density at radius 1 is 1.11 bits per heavy atom. The summed E-state index contributed by atoms with van der Waals surface area (Å²) in [6.07, 6.45) is 3.31. The molecule has 1 heterocycles. The fourth-order valence-electron chi connectivity index (χ4n) is 2.77. The van der Waals surface area contributed by atoms with Crippen molar-refractivity contribution in [3.8, 4) is 11.5 Å². The van der Waals surface area contributed by atoms with Crippen molar-refractivity contribution in [2.45, 2.75) is 31.7 Å². The van der Waals surface area contributed by atoms with Gasteiger partial charge >= 0.3 is 0 Å². The van der Waals surface area contributed by atoms with Gasteiger partial charge in [-0.15, -0.1) is 0 Å². The van der Waals surface area contributed by atoms with Crippen molar-refractivity contribution in [1.29, 1.82) is 0 Å². The number of carbonyl (C=O) groups excluding carboxylic acids is 1. The molecule has 19 heavy (non-hydrogen) atoms. The number of carbonyl (C=O) groups is 1. The van der Waals surface area contributed by atoms with Gasteiger partial charge in [-0.3, -0.25) is 4.79 Å². The van der Waals surface area contributed by atoms with Crippen LogP contribution in [0.4, 0.5) is 5.69 Å². The number of fused-ring (bicyclic) bond motifs is 1. The van der Waals surface area contributed by atoms with Gasteiger partial charge in [0.2, 0.25) is 0 Å². The van der Waals surface area contributed by atoms with Crippen LogP contribution < -0.4 is 14.4 Å². The lowest BCUT2D eigenvalue weighted by Crippen LogP contribution is -2.35. The van der Waals surface area contributed by atoms with Crippen LogP contribution in [-0.2, 0) is 4.79 Å². The highest BCUT2D eigenvalue weighted by atomic mass is 16.6. The van der Waals surface area contributed by atoms with Gasteiger partial charge in [0.25, 0.3) is 0 Å². The van der Waals surface area contributed by atoms with E-state index in [-0.39, 0.29) is 0 Å². The van der Waals surface area contributed by atoms with E-state index in [1.54, 1.807) is 0 Å². The maximum Gasteiger partial charge on any atom is 0.163 e. The maximum absolute atomic E-state index is 11.3. The molecule has 0 spiro atoms. The zero-order chi connectivity index (χ0) is 13.2. The van der Waals surface area contributed by atoms with E-state index in [4.69, 9.17) is 9.47 Å². The highest BCUT2D eigenvalue weighted by molar-refractivity contribution is 5.79. The fraction of sp³-hybridized carbons (Fsp3) is 0.533. The second-order valence-electron chi connectivity index (χ2n) is 5.21. The van der Waals surface area contributed by atoms with Gasteiger partial charge in [-0.25, -0.2) is 0 Å². The molecule has 1 aromatic rings. The second-order valence-corrected chi connectivity index (χ2v) is 5.21. The standard InChI is InChI=1S/C15H19NO3/c1-16(11-2-5-13(17)6-3-11)12-4-7-14-15(10-12)19-9-8-18-14/h4,7,10-11H,2-3,5-6,8-9H2,1H3. The summed E-state index contributed by atoms with van der Waals surface area (Å²) in [5, 5.41) is 0. The molecule has 1 aliphatic heterocycles. The molecule has 4 heteroatoms. The van der Waals surface area contributed by atoms with Crippen LogP contribution in [0.3, 0.4) is 0 Å². The zero-order valence-corrected chi connectivity index (χ0v) is 11.2. The van der Waals surface area contributed by atoms with E-state index in [1.807, 2.05) is 12.1 Å². The van der Waals surface area contributed by atoms with Gasteiger partial charge in [0.05, 0.1) is 0 Å². The molecule has 1 saturated carbocycles. The number of ketones is 1. The molecule has 4 nitrogen and oxygen atoms in total. The lowest BCUT2D eigenvalue weighted by Gasteiger charge is -2.33. The third-order valence-electron chi connectivity index (χ3n) is 3.99. The summed E-state index contributed by atoms with van der Waals surface area (Å²) in [7, 11) is 2.09. The second kappa shape index (κ2) is 5.11. The zero-order valence-electron chi connectivity index (χ0n) is 11.2. The highest BCUT2D eigenvalue weighted by Crippen LogP contribution is 2.35. The lowest BCUT2D eigenvalue weighted by molar-refractivity contribution is -0.120. The normalized spacial score (nSPS) is 19.3. The van der Waals surface area contributed by atoms with Crippen LogP contribution in [0.1, 0.15) is 25.7 Å². The Bertz CT molecular complexity index is 476. The van der Waals surface area contributed by atoms with E-state index < -0.39 is 0 Å². The number of ether oxygens (including phenoxy) is 2. The van der Waals surface area contributed by atoms with Crippen molar-refractivity contribution in [3.05, 3.63) is 18.2 Å². The molecular formula is C15H19NO3. The largest absolute Gasteiger partial charge is 0.486 e. The third-order valence-corrected chi connectivity index (χ3v) is 3.99. The van der Waals surface area contributed by atoms with E-state index in [0.29, 0.717) is 37.9 Å². The number of hydrogen-bond acceptors (Lipinski definition) is 4. The van der Waals surface area contributed by atoms with Crippen LogP contribution in [0.15, 0.2) is 18.2 Å². The number of benzene rings is 1. The summed E-state index contributed by atoms with van der Waals surface area (Å²) in [4.78, 5) is 13.6. The minimum atomic E-state index is 0.395. The van der Waals surface area contributed by atoms with Crippen molar-refractivity contribution in [2.24, 2.45) is 0 Å². The number of anilines is 1. The average molecular weight is 261 g/mol. The Balaban J connectivity index is 1.76. The number of Topliss-reactive ketones (excluding diaryl/α,β-unsaturated/α-hetero) is 1. The van der Waals surface area contributed by atoms with Gasteiger partial charge < -0.3 is 14.4 Å². The molecule has 0 unspecified atom stereocenters. The predicted molar refractivity (Wildman–Crippen MR) is 73.1 cm³/mol. The molecule has 3 rings (SSSR count). The Labute approximate surface area is 113 Å². The lowest BCUT2D eigenvalue weighted by atomic mass is 9.93. The van der Waals surface area contributed by atoms with Gasteiger partial charge in [-0.2, -0.15) is 0 Å². The minimum absolute atomic E-state index is 0.395. The summed E-state index contributed by atoms with van der Waals surface area (Å²) in [6, 6.07) is 6.50. The molecule has 1 aromatic carbocycles. The molecule has 0 amide bonds. The fourth-order valence-corrected chi connectivity index (χ4v) is 2.77. The molecule has 0 aromatic heterocycles. The third kappa shape index (κ3) is 2.53. The molecular weight excluding hydrogens is 242 g/mol. The first-order valence-corrected chi connectivity index (χ1v) is 6.88. The Morgan fingerprint density at radius 2 is 1.79 bits per heavy atom. The Kier molecular flexibility index (Phi) is 3.32. The summed E-state index contributed by atoms with van der Waals surface area (Å²) in [5.41, 5.74) is 1.13. The SMILES string of the molecule is CN(c1ccc2c(c1)OCCO2)C1CCC(=O)CC1. The van der Waals surface area contributed by atoms with E-state index in [2.05, 4.69) is 18.0 Å². The van der Waals surface area contributed by atoms with E-state index in [0.717, 1.165) is 30.0 Å². The van der Waals surface area contributed by atoms with Crippen molar-refractivity contribution < 1.29 is 14.3 Å².